The Morgan fingerprint density at radius 2 is 2.21 bits per heavy atom. The number of rotatable bonds is 4. The first-order valence-corrected chi connectivity index (χ1v) is 6.64. The summed E-state index contributed by atoms with van der Waals surface area (Å²) in [5.74, 6) is 1.99. The molecule has 19 heavy (non-hydrogen) atoms. The molecule has 0 aliphatic heterocycles. The fourth-order valence-electron chi connectivity index (χ4n) is 2.26. The van der Waals surface area contributed by atoms with E-state index >= 15 is 0 Å². The minimum Gasteiger partial charge on any atom is -0.466 e. The normalized spacial score (nSPS) is 24.7. The lowest BCUT2D eigenvalue weighted by molar-refractivity contribution is 0.0578. The van der Waals surface area contributed by atoms with Gasteiger partial charge in [0.05, 0.1) is 6.54 Å². The van der Waals surface area contributed by atoms with Gasteiger partial charge in [-0.25, -0.2) is 4.79 Å². The van der Waals surface area contributed by atoms with Gasteiger partial charge in [-0.2, -0.15) is 0 Å². The van der Waals surface area contributed by atoms with Crippen molar-refractivity contribution < 1.29 is 14.3 Å². The molecule has 1 fully saturated rings. The molecule has 0 radical (unpaired) electrons. The Bertz CT molecular complexity index is 479. The molecule has 0 bridgehead atoms. The van der Waals surface area contributed by atoms with Crippen molar-refractivity contribution in [2.75, 3.05) is 6.54 Å². The van der Waals surface area contributed by atoms with Crippen molar-refractivity contribution in [3.05, 3.63) is 23.2 Å². The Kier molecular flexibility index (Phi) is 3.58. The Labute approximate surface area is 113 Å². The number of hydrogen-bond acceptors (Lipinski definition) is 3. The number of hydrogen-bond donors (Lipinski definition) is 3. The van der Waals surface area contributed by atoms with Crippen LogP contribution in [0, 0.1) is 19.8 Å². The predicted molar refractivity (Wildman–Crippen MR) is 71.9 cm³/mol. The van der Waals surface area contributed by atoms with Gasteiger partial charge in [0.2, 0.25) is 0 Å². The summed E-state index contributed by atoms with van der Waals surface area (Å²) >= 11 is 0. The maximum absolute atomic E-state index is 11.7. The summed E-state index contributed by atoms with van der Waals surface area (Å²) in [6, 6.07) is 1.85. The van der Waals surface area contributed by atoms with Crippen molar-refractivity contribution in [2.24, 2.45) is 5.92 Å². The van der Waals surface area contributed by atoms with Crippen molar-refractivity contribution in [3.63, 3.8) is 0 Å². The number of furan rings is 1. The minimum absolute atomic E-state index is 0.153. The highest BCUT2D eigenvalue weighted by Crippen LogP contribution is 2.29. The highest BCUT2D eigenvalue weighted by molar-refractivity contribution is 5.74. The average Bonchev–Trinajstić information content (AvgIpc) is 2.86. The fraction of sp³-hybridized carbons (Fsp3) is 0.643. The van der Waals surface area contributed by atoms with Gasteiger partial charge < -0.3 is 20.2 Å². The van der Waals surface area contributed by atoms with Gasteiger partial charge in [0.25, 0.3) is 0 Å². The third-order valence-electron chi connectivity index (χ3n) is 3.64. The molecular formula is C14H22N2O3. The third-order valence-corrected chi connectivity index (χ3v) is 3.64. The Morgan fingerprint density at radius 1 is 1.58 bits per heavy atom. The van der Waals surface area contributed by atoms with Crippen LogP contribution in [0.1, 0.15) is 37.4 Å². The van der Waals surface area contributed by atoms with E-state index in [-0.39, 0.29) is 18.6 Å². The minimum atomic E-state index is -1.13. The van der Waals surface area contributed by atoms with Gasteiger partial charge in [0.15, 0.2) is 0 Å². The zero-order valence-electron chi connectivity index (χ0n) is 11.9. The highest BCUT2D eigenvalue weighted by Gasteiger charge is 2.34. The van der Waals surface area contributed by atoms with Gasteiger partial charge in [-0.1, -0.05) is 6.92 Å². The van der Waals surface area contributed by atoms with Crippen LogP contribution < -0.4 is 10.6 Å². The third kappa shape index (κ3) is 3.29. The molecule has 1 heterocycles. The van der Waals surface area contributed by atoms with E-state index in [0.29, 0.717) is 17.2 Å². The topological polar surface area (TPSA) is 74.5 Å². The lowest BCUT2D eigenvalue weighted by atomic mass is 9.96. The van der Waals surface area contributed by atoms with Crippen LogP contribution in [0.15, 0.2) is 10.5 Å². The summed E-state index contributed by atoms with van der Waals surface area (Å²) in [6.45, 7) is 7.56. The molecule has 1 aliphatic rings. The SMILES string of the molecule is Cc1cc(C(C)(O)CNC(=O)NC2CC2C)c(C)o1. The Balaban J connectivity index is 1.90. The van der Waals surface area contributed by atoms with E-state index < -0.39 is 5.60 Å². The standard InChI is InChI=1S/C14H22N2O3/c1-8-5-12(8)16-13(17)15-7-14(4,18)11-6-9(2)19-10(11)3/h6,8,12,18H,5,7H2,1-4H3,(H2,15,16,17). The predicted octanol–water partition coefficient (Wildman–Crippen LogP) is 1.81. The number of carbonyl (C=O) groups excluding carboxylic acids is 1. The van der Waals surface area contributed by atoms with Crippen LogP contribution in [0.25, 0.3) is 0 Å². The zero-order chi connectivity index (χ0) is 14.2. The molecular weight excluding hydrogens is 244 g/mol. The number of aliphatic hydroxyl groups is 1. The zero-order valence-corrected chi connectivity index (χ0v) is 11.9. The molecule has 1 aliphatic carbocycles. The molecule has 5 nitrogen and oxygen atoms in total. The first kappa shape index (κ1) is 13.9. The summed E-state index contributed by atoms with van der Waals surface area (Å²) in [7, 11) is 0. The second-order valence-corrected chi connectivity index (χ2v) is 5.75. The lowest BCUT2D eigenvalue weighted by Crippen LogP contribution is -2.44. The average molecular weight is 266 g/mol. The van der Waals surface area contributed by atoms with Crippen LogP contribution >= 0.6 is 0 Å². The molecule has 0 spiro atoms. The number of amides is 2. The quantitative estimate of drug-likeness (QED) is 0.778. The van der Waals surface area contributed by atoms with E-state index in [4.69, 9.17) is 4.42 Å². The number of carbonyl (C=O) groups is 1. The van der Waals surface area contributed by atoms with E-state index in [2.05, 4.69) is 17.6 Å². The second kappa shape index (κ2) is 4.89. The van der Waals surface area contributed by atoms with E-state index in [9.17, 15) is 9.90 Å². The molecule has 1 aromatic heterocycles. The van der Waals surface area contributed by atoms with Crippen LogP contribution in [-0.2, 0) is 5.60 Å². The van der Waals surface area contributed by atoms with Gasteiger partial charge in [-0.3, -0.25) is 0 Å². The molecule has 0 aromatic carbocycles. The van der Waals surface area contributed by atoms with Crippen molar-refractivity contribution >= 4 is 6.03 Å². The van der Waals surface area contributed by atoms with Crippen molar-refractivity contribution in [2.45, 2.75) is 45.8 Å². The summed E-state index contributed by atoms with van der Waals surface area (Å²) in [4.78, 5) is 11.7. The van der Waals surface area contributed by atoms with Crippen molar-refractivity contribution in [1.29, 1.82) is 0 Å². The van der Waals surface area contributed by atoms with Crippen LogP contribution in [0.3, 0.4) is 0 Å². The van der Waals surface area contributed by atoms with Gasteiger partial charge in [0.1, 0.15) is 17.1 Å². The number of nitrogens with one attached hydrogen (secondary N) is 2. The molecule has 106 valence electrons. The first-order valence-electron chi connectivity index (χ1n) is 6.64. The Hall–Kier alpha value is -1.49. The van der Waals surface area contributed by atoms with E-state index in [0.717, 1.165) is 12.2 Å². The summed E-state index contributed by atoms with van der Waals surface area (Å²) < 4.78 is 5.41. The summed E-state index contributed by atoms with van der Waals surface area (Å²) in [5.41, 5.74) is -0.418. The van der Waals surface area contributed by atoms with Crippen LogP contribution in [0.5, 0.6) is 0 Å². The lowest BCUT2D eigenvalue weighted by Gasteiger charge is -2.23. The van der Waals surface area contributed by atoms with Crippen molar-refractivity contribution in [1.82, 2.24) is 10.6 Å². The largest absolute Gasteiger partial charge is 0.466 e. The fourth-order valence-corrected chi connectivity index (χ4v) is 2.26. The molecule has 3 atom stereocenters. The summed E-state index contributed by atoms with van der Waals surface area (Å²) in [6.07, 6.45) is 1.03. The van der Waals surface area contributed by atoms with Gasteiger partial charge in [0, 0.05) is 11.6 Å². The van der Waals surface area contributed by atoms with E-state index in [1.54, 1.807) is 13.0 Å². The summed E-state index contributed by atoms with van der Waals surface area (Å²) in [5, 5.41) is 16.0. The molecule has 3 unspecified atom stereocenters. The molecule has 3 N–H and O–H groups in total. The van der Waals surface area contributed by atoms with Gasteiger partial charge in [-0.15, -0.1) is 0 Å². The molecule has 2 amide bonds. The molecule has 2 rings (SSSR count). The number of aryl methyl sites for hydroxylation is 2. The molecule has 0 saturated heterocycles. The first-order chi connectivity index (χ1) is 8.79. The molecule has 1 saturated carbocycles. The van der Waals surface area contributed by atoms with Gasteiger partial charge >= 0.3 is 6.03 Å². The Morgan fingerprint density at radius 3 is 2.68 bits per heavy atom. The number of urea groups is 1. The van der Waals surface area contributed by atoms with E-state index in [1.807, 2.05) is 13.8 Å². The maximum Gasteiger partial charge on any atom is 0.315 e. The van der Waals surface area contributed by atoms with Crippen LogP contribution in [0.2, 0.25) is 0 Å². The monoisotopic (exact) mass is 266 g/mol. The maximum atomic E-state index is 11.7. The van der Waals surface area contributed by atoms with Crippen molar-refractivity contribution in [3.8, 4) is 0 Å². The van der Waals surface area contributed by atoms with E-state index in [1.165, 1.54) is 0 Å². The van der Waals surface area contributed by atoms with Crippen LogP contribution in [0.4, 0.5) is 4.79 Å². The molecule has 5 heteroatoms. The van der Waals surface area contributed by atoms with Crippen LogP contribution in [-0.4, -0.2) is 23.7 Å². The second-order valence-electron chi connectivity index (χ2n) is 5.75. The smallest absolute Gasteiger partial charge is 0.315 e. The molecule has 1 aromatic rings. The van der Waals surface area contributed by atoms with Gasteiger partial charge in [-0.05, 0) is 39.2 Å². The highest BCUT2D eigenvalue weighted by atomic mass is 16.3.